The predicted octanol–water partition coefficient (Wildman–Crippen LogP) is 4.87. The number of carbonyl (C=O) groups is 2. The van der Waals surface area contributed by atoms with Crippen molar-refractivity contribution in [3.05, 3.63) is 56.7 Å². The fraction of sp³-hybridized carbons (Fsp3) is 0.400. The predicted molar refractivity (Wildman–Crippen MR) is 116 cm³/mol. The molecule has 0 unspecified atom stereocenters. The van der Waals surface area contributed by atoms with Crippen molar-refractivity contribution in [2.75, 3.05) is 6.54 Å². The zero-order valence-corrected chi connectivity index (χ0v) is 18.4. The molecule has 0 aliphatic heterocycles. The van der Waals surface area contributed by atoms with Gasteiger partial charge in [0.05, 0.1) is 6.42 Å². The molecule has 0 aromatic heterocycles. The Morgan fingerprint density at radius 2 is 2.00 bits per heavy atom. The summed E-state index contributed by atoms with van der Waals surface area (Å²) >= 11 is 8.27. The van der Waals surface area contributed by atoms with Crippen molar-refractivity contribution in [3.63, 3.8) is 0 Å². The van der Waals surface area contributed by atoms with Crippen LogP contribution in [0.15, 0.2) is 46.1 Å². The number of hydrogen-bond donors (Lipinski definition) is 1. The maximum atomic E-state index is 12.6. The van der Waals surface area contributed by atoms with E-state index >= 15 is 0 Å². The molecule has 0 radical (unpaired) electrons. The molecule has 0 heterocycles. The summed E-state index contributed by atoms with van der Waals surface area (Å²) < 4.78 is 0.907. The average molecular weight is 489 g/mol. The van der Waals surface area contributed by atoms with E-state index in [1.807, 2.05) is 45.0 Å². The molecule has 0 fully saturated rings. The number of hydrogen-bond acceptors (Lipinski definition) is 2. The Labute approximate surface area is 174 Å². The molecule has 6 heteroatoms. The van der Waals surface area contributed by atoms with E-state index < -0.39 is 6.04 Å². The van der Waals surface area contributed by atoms with Gasteiger partial charge >= 0.3 is 0 Å². The first-order valence-electron chi connectivity index (χ1n) is 8.62. The molecule has 142 valence electrons. The third-order valence-electron chi connectivity index (χ3n) is 3.86. The summed E-state index contributed by atoms with van der Waals surface area (Å²) in [5.41, 5.74) is 1.75. The minimum Gasteiger partial charge on any atom is -0.350 e. The van der Waals surface area contributed by atoms with Crippen molar-refractivity contribution >= 4 is 46.0 Å². The van der Waals surface area contributed by atoms with Gasteiger partial charge in [-0.3, -0.25) is 9.59 Å². The van der Waals surface area contributed by atoms with Gasteiger partial charge in [0.1, 0.15) is 6.04 Å². The minimum atomic E-state index is -0.496. The Balaban J connectivity index is 2.79. The highest BCUT2D eigenvalue weighted by Gasteiger charge is 2.27. The smallest absolute Gasteiger partial charge is 0.243 e. The molecular weight excluding hydrogens is 463 g/mol. The fourth-order valence-electron chi connectivity index (χ4n) is 2.62. The van der Waals surface area contributed by atoms with E-state index in [9.17, 15) is 9.59 Å². The van der Waals surface area contributed by atoms with Crippen LogP contribution in [0.2, 0.25) is 5.02 Å². The average Bonchev–Trinajstić information content (AvgIpc) is 2.57. The zero-order chi connectivity index (χ0) is 19.7. The third kappa shape index (κ3) is 7.11. The topological polar surface area (TPSA) is 49.4 Å². The lowest BCUT2D eigenvalue weighted by Crippen LogP contribution is -2.49. The molecule has 0 saturated carbocycles. The van der Waals surface area contributed by atoms with Crippen molar-refractivity contribution in [3.8, 4) is 0 Å². The maximum Gasteiger partial charge on any atom is 0.243 e. The summed E-state index contributed by atoms with van der Waals surface area (Å²) in [5, 5.41) is 3.51. The fourth-order valence-corrected chi connectivity index (χ4v) is 3.68. The SMILES string of the molecule is C=C(C)/C=C(\I)CC(=O)N(CC)[C@@H](CC)C(=O)NCc1ccccc1Cl. The van der Waals surface area contributed by atoms with E-state index in [0.29, 0.717) is 24.5 Å². The van der Waals surface area contributed by atoms with E-state index in [-0.39, 0.29) is 18.2 Å². The van der Waals surface area contributed by atoms with Gasteiger partial charge in [-0.15, -0.1) is 0 Å². The standard InChI is InChI=1S/C20H26ClIN2O2/c1-5-18(20(26)23-13-15-9-7-8-10-17(15)21)24(6-2)19(25)12-16(22)11-14(3)4/h7-11,18H,3,5-6,12-13H2,1-2,4H3,(H,23,26)/b16-11-/t18-/m0/s1. The van der Waals surface area contributed by atoms with Gasteiger partial charge in [0.15, 0.2) is 0 Å². The molecule has 1 rings (SSSR count). The van der Waals surface area contributed by atoms with Crippen molar-refractivity contribution in [2.45, 2.75) is 46.2 Å². The molecule has 1 atom stereocenters. The van der Waals surface area contributed by atoms with Crippen LogP contribution >= 0.6 is 34.2 Å². The Kier molecular flexibility index (Phi) is 9.94. The first-order chi connectivity index (χ1) is 12.3. The number of likely N-dealkylation sites (N-methyl/N-ethyl adjacent to an activating group) is 1. The summed E-state index contributed by atoms with van der Waals surface area (Å²) in [7, 11) is 0. The van der Waals surface area contributed by atoms with Crippen LogP contribution in [-0.2, 0) is 16.1 Å². The minimum absolute atomic E-state index is 0.0610. The largest absolute Gasteiger partial charge is 0.350 e. The number of nitrogens with one attached hydrogen (secondary N) is 1. The molecule has 0 spiro atoms. The zero-order valence-electron chi connectivity index (χ0n) is 15.5. The summed E-state index contributed by atoms with van der Waals surface area (Å²) in [4.78, 5) is 26.9. The van der Waals surface area contributed by atoms with Gasteiger partial charge in [-0.05, 0) is 54.5 Å². The molecule has 0 aliphatic rings. The van der Waals surface area contributed by atoms with Crippen molar-refractivity contribution in [1.29, 1.82) is 0 Å². The number of amides is 2. The van der Waals surface area contributed by atoms with Crippen LogP contribution in [-0.4, -0.2) is 29.3 Å². The van der Waals surface area contributed by atoms with Crippen LogP contribution in [0.5, 0.6) is 0 Å². The second-order valence-electron chi connectivity index (χ2n) is 6.03. The molecular formula is C20H26ClIN2O2. The van der Waals surface area contributed by atoms with E-state index in [0.717, 1.165) is 14.7 Å². The number of benzene rings is 1. The summed E-state index contributed by atoms with van der Waals surface area (Å²) in [6.45, 7) is 10.3. The quantitative estimate of drug-likeness (QED) is 0.398. The molecule has 0 aliphatic carbocycles. The van der Waals surface area contributed by atoms with E-state index in [1.165, 1.54) is 0 Å². The Morgan fingerprint density at radius 3 is 2.54 bits per heavy atom. The molecule has 1 aromatic rings. The molecule has 1 aromatic carbocycles. The molecule has 26 heavy (non-hydrogen) atoms. The van der Waals surface area contributed by atoms with Gasteiger partial charge in [-0.1, -0.05) is 55.0 Å². The Bertz CT molecular complexity index is 688. The summed E-state index contributed by atoms with van der Waals surface area (Å²) in [6.07, 6.45) is 2.70. The molecule has 0 bridgehead atoms. The number of nitrogens with zero attached hydrogens (tertiary/aromatic N) is 1. The third-order valence-corrected chi connectivity index (χ3v) is 4.92. The van der Waals surface area contributed by atoms with Gasteiger partial charge in [-0.25, -0.2) is 0 Å². The highest BCUT2D eigenvalue weighted by Crippen LogP contribution is 2.18. The Hall–Kier alpha value is -1.34. The van der Waals surface area contributed by atoms with E-state index in [4.69, 9.17) is 11.6 Å². The van der Waals surface area contributed by atoms with Gasteiger partial charge in [0, 0.05) is 21.7 Å². The lowest BCUT2D eigenvalue weighted by atomic mass is 10.1. The highest BCUT2D eigenvalue weighted by atomic mass is 127. The van der Waals surface area contributed by atoms with Gasteiger partial charge in [0.2, 0.25) is 11.8 Å². The second-order valence-corrected chi connectivity index (χ2v) is 7.82. The summed E-state index contributed by atoms with van der Waals surface area (Å²) in [5.74, 6) is -0.226. The normalized spacial score (nSPS) is 12.4. The number of halogens is 2. The first-order valence-corrected chi connectivity index (χ1v) is 10.1. The molecule has 0 saturated heterocycles. The highest BCUT2D eigenvalue weighted by molar-refractivity contribution is 14.1. The first kappa shape index (κ1) is 22.7. The van der Waals surface area contributed by atoms with Crippen LogP contribution in [0.4, 0.5) is 0 Å². The van der Waals surface area contributed by atoms with Gasteiger partial charge in [0.25, 0.3) is 0 Å². The van der Waals surface area contributed by atoms with Crippen molar-refractivity contribution < 1.29 is 9.59 Å². The number of rotatable bonds is 9. The van der Waals surface area contributed by atoms with E-state index in [2.05, 4.69) is 34.5 Å². The van der Waals surface area contributed by atoms with Gasteiger partial charge < -0.3 is 10.2 Å². The van der Waals surface area contributed by atoms with E-state index in [1.54, 1.807) is 11.0 Å². The van der Waals surface area contributed by atoms with Crippen LogP contribution in [0.1, 0.15) is 39.2 Å². The molecule has 2 amide bonds. The summed E-state index contributed by atoms with van der Waals surface area (Å²) in [6, 6.07) is 6.89. The van der Waals surface area contributed by atoms with Crippen molar-refractivity contribution in [1.82, 2.24) is 10.2 Å². The van der Waals surface area contributed by atoms with Crippen LogP contribution in [0.25, 0.3) is 0 Å². The monoisotopic (exact) mass is 488 g/mol. The van der Waals surface area contributed by atoms with Crippen LogP contribution in [0, 0.1) is 0 Å². The van der Waals surface area contributed by atoms with Crippen LogP contribution < -0.4 is 5.32 Å². The number of carbonyl (C=O) groups excluding carboxylic acids is 2. The van der Waals surface area contributed by atoms with Gasteiger partial charge in [-0.2, -0.15) is 0 Å². The Morgan fingerprint density at radius 1 is 1.35 bits per heavy atom. The number of allylic oxidation sites excluding steroid dienone is 2. The molecule has 4 nitrogen and oxygen atoms in total. The van der Waals surface area contributed by atoms with Crippen molar-refractivity contribution in [2.24, 2.45) is 0 Å². The molecule has 1 N–H and O–H groups in total. The maximum absolute atomic E-state index is 12.6. The lowest BCUT2D eigenvalue weighted by molar-refractivity contribution is -0.139. The second kappa shape index (κ2) is 11.4. The van der Waals surface area contributed by atoms with Crippen LogP contribution in [0.3, 0.4) is 0 Å². The lowest BCUT2D eigenvalue weighted by Gasteiger charge is -2.29.